The lowest BCUT2D eigenvalue weighted by molar-refractivity contribution is -0.120. The van der Waals surface area contributed by atoms with Crippen LogP contribution in [-0.4, -0.2) is 59.3 Å². The molecule has 1 N–H and O–H groups in total. The molecule has 1 aromatic carbocycles. The van der Waals surface area contributed by atoms with Crippen molar-refractivity contribution in [2.24, 2.45) is 12.0 Å². The quantitative estimate of drug-likeness (QED) is 0.627. The van der Waals surface area contributed by atoms with Gasteiger partial charge in [-0.3, -0.25) is 14.5 Å². The number of hydrogen-bond donors (Lipinski definition) is 1. The van der Waals surface area contributed by atoms with Crippen molar-refractivity contribution in [1.82, 2.24) is 20.0 Å². The number of halogens is 2. The highest BCUT2D eigenvalue weighted by Gasteiger charge is 2.42. The lowest BCUT2D eigenvalue weighted by Crippen LogP contribution is -2.55. The van der Waals surface area contributed by atoms with Gasteiger partial charge in [-0.2, -0.15) is 5.10 Å². The van der Waals surface area contributed by atoms with Gasteiger partial charge in [-0.15, -0.1) is 0 Å². The first-order valence-electron chi connectivity index (χ1n) is 9.19. The van der Waals surface area contributed by atoms with Crippen LogP contribution in [0, 0.1) is 5.82 Å². The number of aromatic nitrogens is 2. The average Bonchev–Trinajstić information content (AvgIpc) is 3.28. The smallest absolute Gasteiger partial charge is 0.246 e. The van der Waals surface area contributed by atoms with Crippen LogP contribution in [0.2, 0.25) is 5.02 Å². The fourth-order valence-corrected chi connectivity index (χ4v) is 3.98. The molecular formula is C19H22ClFN6O. The van der Waals surface area contributed by atoms with Gasteiger partial charge >= 0.3 is 0 Å². The van der Waals surface area contributed by atoms with Crippen LogP contribution in [0.5, 0.6) is 0 Å². The standard InChI is InChI=1S/C19H22ClFN6O/c1-22-19(24-16-8-13(16)18-14(20)4-3-5-15(18)21)26-6-7-27(17(28)11-26)12-9-23-25(2)10-12/h3-5,9-10,13,16H,6-8,11H2,1-2H3,(H,22,24). The first kappa shape index (κ1) is 18.7. The van der Waals surface area contributed by atoms with Crippen LogP contribution in [0.25, 0.3) is 0 Å². The van der Waals surface area contributed by atoms with E-state index in [-0.39, 0.29) is 30.2 Å². The number of hydrogen-bond acceptors (Lipinski definition) is 3. The molecule has 1 saturated heterocycles. The molecule has 1 aliphatic heterocycles. The van der Waals surface area contributed by atoms with Crippen molar-refractivity contribution >= 4 is 29.2 Å². The normalized spacial score (nSPS) is 22.6. The molecule has 1 aliphatic carbocycles. The highest BCUT2D eigenvalue weighted by atomic mass is 35.5. The van der Waals surface area contributed by atoms with Crippen LogP contribution in [-0.2, 0) is 11.8 Å². The predicted molar refractivity (Wildman–Crippen MR) is 106 cm³/mol. The Morgan fingerprint density at radius 3 is 2.86 bits per heavy atom. The van der Waals surface area contributed by atoms with E-state index in [1.54, 1.807) is 35.0 Å². The number of guanidine groups is 1. The maximum absolute atomic E-state index is 14.1. The largest absolute Gasteiger partial charge is 0.353 e. The van der Waals surface area contributed by atoms with Gasteiger partial charge in [0.1, 0.15) is 12.4 Å². The lowest BCUT2D eigenvalue weighted by atomic mass is 10.1. The van der Waals surface area contributed by atoms with Crippen LogP contribution in [0.15, 0.2) is 35.6 Å². The van der Waals surface area contributed by atoms with Crippen molar-refractivity contribution in [1.29, 1.82) is 0 Å². The Bertz CT molecular complexity index is 909. The molecule has 7 nitrogen and oxygen atoms in total. The average molecular weight is 405 g/mol. The maximum Gasteiger partial charge on any atom is 0.246 e. The number of piperazine rings is 1. The van der Waals surface area contributed by atoms with Gasteiger partial charge in [-0.25, -0.2) is 4.39 Å². The molecule has 2 atom stereocenters. The van der Waals surface area contributed by atoms with E-state index in [1.165, 1.54) is 6.07 Å². The first-order valence-corrected chi connectivity index (χ1v) is 9.57. The van der Waals surface area contributed by atoms with Crippen molar-refractivity contribution in [2.45, 2.75) is 18.4 Å². The number of benzene rings is 1. The van der Waals surface area contributed by atoms with Crippen LogP contribution in [0.4, 0.5) is 10.1 Å². The number of aliphatic imine (C=N–C) groups is 1. The molecule has 1 saturated carbocycles. The van der Waals surface area contributed by atoms with Gasteiger partial charge < -0.3 is 15.1 Å². The number of nitrogens with one attached hydrogen (secondary N) is 1. The van der Waals surface area contributed by atoms with Crippen LogP contribution in [0.1, 0.15) is 17.9 Å². The van der Waals surface area contributed by atoms with E-state index in [4.69, 9.17) is 11.6 Å². The van der Waals surface area contributed by atoms with Gasteiger partial charge in [0.15, 0.2) is 5.96 Å². The van der Waals surface area contributed by atoms with Crippen molar-refractivity contribution in [3.63, 3.8) is 0 Å². The molecule has 1 aromatic heterocycles. The van der Waals surface area contributed by atoms with Gasteiger partial charge in [-0.05, 0) is 18.6 Å². The number of nitrogens with zero attached hydrogens (tertiary/aromatic N) is 5. The van der Waals surface area contributed by atoms with Gasteiger partial charge in [0.25, 0.3) is 0 Å². The number of amides is 1. The number of aryl methyl sites for hydroxylation is 1. The number of anilines is 1. The van der Waals surface area contributed by atoms with E-state index in [2.05, 4.69) is 15.4 Å². The summed E-state index contributed by atoms with van der Waals surface area (Å²) in [6, 6.07) is 4.81. The first-order chi connectivity index (χ1) is 13.5. The molecular weight excluding hydrogens is 383 g/mol. The number of carbonyl (C=O) groups is 1. The second-order valence-electron chi connectivity index (χ2n) is 7.11. The zero-order valence-corrected chi connectivity index (χ0v) is 16.5. The molecule has 2 aliphatic rings. The van der Waals surface area contributed by atoms with Crippen molar-refractivity contribution in [2.75, 3.05) is 31.6 Å². The minimum atomic E-state index is -0.281. The Labute approximate surface area is 167 Å². The van der Waals surface area contributed by atoms with E-state index >= 15 is 0 Å². The Balaban J connectivity index is 1.39. The molecule has 0 bridgehead atoms. The molecule has 2 unspecified atom stereocenters. The number of carbonyl (C=O) groups excluding carboxylic acids is 1. The van der Waals surface area contributed by atoms with Crippen LogP contribution < -0.4 is 10.2 Å². The van der Waals surface area contributed by atoms with Gasteiger partial charge in [0, 0.05) is 55.9 Å². The summed E-state index contributed by atoms with van der Waals surface area (Å²) in [5.41, 5.74) is 1.35. The zero-order valence-electron chi connectivity index (χ0n) is 15.8. The number of rotatable bonds is 3. The Kier molecular flexibility index (Phi) is 4.97. The topological polar surface area (TPSA) is 65.8 Å². The van der Waals surface area contributed by atoms with E-state index in [9.17, 15) is 9.18 Å². The highest BCUT2D eigenvalue weighted by molar-refractivity contribution is 6.31. The third-order valence-electron chi connectivity index (χ3n) is 5.21. The summed E-state index contributed by atoms with van der Waals surface area (Å²) >= 11 is 6.18. The summed E-state index contributed by atoms with van der Waals surface area (Å²) in [5.74, 6) is 0.376. The van der Waals surface area contributed by atoms with Gasteiger partial charge in [0.05, 0.1) is 11.9 Å². The molecule has 148 valence electrons. The van der Waals surface area contributed by atoms with E-state index in [0.29, 0.717) is 29.6 Å². The maximum atomic E-state index is 14.1. The Morgan fingerprint density at radius 1 is 1.39 bits per heavy atom. The molecule has 4 rings (SSSR count). The second kappa shape index (κ2) is 7.43. The SMILES string of the molecule is CN=C(NC1CC1c1c(F)cccc1Cl)N1CCN(c2cnn(C)c2)C(=O)C1. The molecule has 2 heterocycles. The molecule has 0 spiro atoms. The highest BCUT2D eigenvalue weighted by Crippen LogP contribution is 2.45. The minimum Gasteiger partial charge on any atom is -0.353 e. The molecule has 28 heavy (non-hydrogen) atoms. The fraction of sp³-hybridized carbons (Fsp3) is 0.421. The summed E-state index contributed by atoms with van der Waals surface area (Å²) in [7, 11) is 3.51. The fourth-order valence-electron chi connectivity index (χ4n) is 3.68. The Morgan fingerprint density at radius 2 is 2.21 bits per heavy atom. The van der Waals surface area contributed by atoms with Crippen molar-refractivity contribution in [3.05, 3.63) is 47.0 Å². The summed E-state index contributed by atoms with van der Waals surface area (Å²) in [5, 5.41) is 7.93. The van der Waals surface area contributed by atoms with E-state index < -0.39 is 0 Å². The monoisotopic (exact) mass is 404 g/mol. The summed E-state index contributed by atoms with van der Waals surface area (Å²) < 4.78 is 15.8. The minimum absolute atomic E-state index is 0.00769. The van der Waals surface area contributed by atoms with Crippen LogP contribution in [0.3, 0.4) is 0 Å². The molecule has 0 radical (unpaired) electrons. The second-order valence-corrected chi connectivity index (χ2v) is 7.52. The van der Waals surface area contributed by atoms with Gasteiger partial charge in [-0.1, -0.05) is 17.7 Å². The summed E-state index contributed by atoms with van der Waals surface area (Å²) in [4.78, 5) is 20.6. The predicted octanol–water partition coefficient (Wildman–Crippen LogP) is 1.99. The molecule has 2 aromatic rings. The Hall–Kier alpha value is -2.61. The third kappa shape index (κ3) is 3.56. The van der Waals surface area contributed by atoms with E-state index in [1.807, 2.05) is 18.1 Å². The summed E-state index contributed by atoms with van der Waals surface area (Å²) in [6.07, 6.45) is 4.30. The van der Waals surface area contributed by atoms with Gasteiger partial charge in [0.2, 0.25) is 5.91 Å². The third-order valence-corrected chi connectivity index (χ3v) is 5.54. The molecule has 1 amide bonds. The lowest BCUT2D eigenvalue weighted by Gasteiger charge is -2.35. The van der Waals surface area contributed by atoms with E-state index in [0.717, 1.165) is 12.1 Å². The molecule has 2 fully saturated rings. The molecule has 9 heteroatoms. The summed E-state index contributed by atoms with van der Waals surface area (Å²) in [6.45, 7) is 1.43. The zero-order chi connectivity index (χ0) is 19.8. The van der Waals surface area contributed by atoms with Crippen molar-refractivity contribution in [3.8, 4) is 0 Å². The van der Waals surface area contributed by atoms with Crippen LogP contribution >= 0.6 is 11.6 Å². The van der Waals surface area contributed by atoms with Crippen molar-refractivity contribution < 1.29 is 9.18 Å².